The fourth-order valence-corrected chi connectivity index (χ4v) is 2.33. The van der Waals surface area contributed by atoms with Crippen molar-refractivity contribution in [2.45, 2.75) is 19.3 Å². The average molecular weight is 309 g/mol. The first-order chi connectivity index (χ1) is 10.1. The first kappa shape index (κ1) is 15.4. The monoisotopic (exact) mass is 308 g/mol. The Kier molecular flexibility index (Phi) is 5.22. The number of nitrogens with one attached hydrogen (secondary N) is 2. The van der Waals surface area contributed by atoms with Crippen molar-refractivity contribution in [1.29, 1.82) is 0 Å². The summed E-state index contributed by atoms with van der Waals surface area (Å²) in [6.45, 7) is 0. The number of halogens is 1. The van der Waals surface area contributed by atoms with Crippen molar-refractivity contribution >= 4 is 23.4 Å². The van der Waals surface area contributed by atoms with Gasteiger partial charge in [0.1, 0.15) is 5.75 Å². The molecule has 2 rings (SSSR count). The van der Waals surface area contributed by atoms with Gasteiger partial charge in [0.15, 0.2) is 0 Å². The zero-order chi connectivity index (χ0) is 15.2. The summed E-state index contributed by atoms with van der Waals surface area (Å²) in [4.78, 5) is 24.0. The number of allylic oxidation sites excluding steroid dienone is 2. The SMILES string of the molecule is COc1cc(Cl)ccc1C(=O)NNC(=O)C1CC=CCC1. The van der Waals surface area contributed by atoms with Gasteiger partial charge in [-0.25, -0.2) is 0 Å². The van der Waals surface area contributed by atoms with Crippen LogP contribution in [0.15, 0.2) is 30.4 Å². The number of hydrazine groups is 1. The van der Waals surface area contributed by atoms with Gasteiger partial charge in [-0.2, -0.15) is 0 Å². The fourth-order valence-electron chi connectivity index (χ4n) is 2.17. The molecule has 21 heavy (non-hydrogen) atoms. The molecule has 2 N–H and O–H groups in total. The highest BCUT2D eigenvalue weighted by Crippen LogP contribution is 2.23. The summed E-state index contributed by atoms with van der Waals surface area (Å²) >= 11 is 5.84. The van der Waals surface area contributed by atoms with Gasteiger partial charge in [-0.15, -0.1) is 0 Å². The predicted octanol–water partition coefficient (Wildman–Crippen LogP) is 2.47. The van der Waals surface area contributed by atoms with Crippen molar-refractivity contribution < 1.29 is 14.3 Å². The molecule has 0 radical (unpaired) electrons. The lowest BCUT2D eigenvalue weighted by Crippen LogP contribution is -2.44. The third-order valence-corrected chi connectivity index (χ3v) is 3.58. The van der Waals surface area contributed by atoms with Crippen molar-refractivity contribution in [3.63, 3.8) is 0 Å². The number of methoxy groups -OCH3 is 1. The van der Waals surface area contributed by atoms with E-state index >= 15 is 0 Å². The van der Waals surface area contributed by atoms with Crippen molar-refractivity contribution in [2.24, 2.45) is 5.92 Å². The zero-order valence-corrected chi connectivity index (χ0v) is 12.4. The number of ether oxygens (including phenoxy) is 1. The van der Waals surface area contributed by atoms with E-state index in [1.807, 2.05) is 6.08 Å². The normalized spacial score (nSPS) is 17.1. The Balaban J connectivity index is 1.95. The molecule has 5 nitrogen and oxygen atoms in total. The lowest BCUT2D eigenvalue weighted by atomic mass is 9.94. The number of carbonyl (C=O) groups is 2. The molecule has 1 aromatic rings. The molecule has 6 heteroatoms. The molecule has 0 spiro atoms. The summed E-state index contributed by atoms with van der Waals surface area (Å²) in [6, 6.07) is 4.68. The van der Waals surface area contributed by atoms with Crippen molar-refractivity contribution in [3.05, 3.63) is 40.9 Å². The average Bonchev–Trinajstić information content (AvgIpc) is 2.52. The van der Waals surface area contributed by atoms with Crippen LogP contribution in [-0.4, -0.2) is 18.9 Å². The molecule has 1 aromatic carbocycles. The predicted molar refractivity (Wildman–Crippen MR) is 80.1 cm³/mol. The largest absolute Gasteiger partial charge is 0.496 e. The minimum atomic E-state index is -0.441. The van der Waals surface area contributed by atoms with Gasteiger partial charge in [-0.1, -0.05) is 23.8 Å². The fraction of sp³-hybridized carbons (Fsp3) is 0.333. The summed E-state index contributed by atoms with van der Waals surface area (Å²) < 4.78 is 5.10. The molecule has 0 heterocycles. The number of benzene rings is 1. The molecule has 1 aliphatic rings. The van der Waals surface area contributed by atoms with E-state index in [-0.39, 0.29) is 11.8 Å². The van der Waals surface area contributed by atoms with Crippen LogP contribution in [0.3, 0.4) is 0 Å². The maximum atomic E-state index is 12.1. The highest BCUT2D eigenvalue weighted by molar-refractivity contribution is 6.30. The third-order valence-electron chi connectivity index (χ3n) is 3.35. The van der Waals surface area contributed by atoms with Crippen LogP contribution in [0, 0.1) is 5.92 Å². The smallest absolute Gasteiger partial charge is 0.273 e. The van der Waals surface area contributed by atoms with Crippen LogP contribution >= 0.6 is 11.6 Å². The molecule has 0 saturated heterocycles. The van der Waals surface area contributed by atoms with Crippen LogP contribution in [-0.2, 0) is 4.79 Å². The summed E-state index contributed by atoms with van der Waals surface area (Å²) in [6.07, 6.45) is 6.42. The molecule has 1 aliphatic carbocycles. The third kappa shape index (κ3) is 3.98. The molecule has 0 fully saturated rings. The van der Waals surface area contributed by atoms with E-state index in [9.17, 15) is 9.59 Å². The van der Waals surface area contributed by atoms with Crippen LogP contribution in [0.4, 0.5) is 0 Å². The first-order valence-electron chi connectivity index (χ1n) is 6.70. The number of hydrogen-bond acceptors (Lipinski definition) is 3. The molecule has 0 aliphatic heterocycles. The van der Waals surface area contributed by atoms with Crippen LogP contribution in [0.5, 0.6) is 5.75 Å². The number of carbonyl (C=O) groups excluding carboxylic acids is 2. The van der Waals surface area contributed by atoms with E-state index in [0.29, 0.717) is 22.8 Å². The quantitative estimate of drug-likeness (QED) is 0.666. The van der Waals surface area contributed by atoms with Gasteiger partial charge in [0, 0.05) is 10.9 Å². The standard InChI is InChI=1S/C15H17ClN2O3/c1-21-13-9-11(16)7-8-12(13)15(20)18-17-14(19)10-5-3-2-4-6-10/h2-3,7-10H,4-6H2,1H3,(H,17,19)(H,18,20). The Morgan fingerprint density at radius 1 is 1.29 bits per heavy atom. The summed E-state index contributed by atoms with van der Waals surface area (Å²) in [5, 5.41) is 0.474. The van der Waals surface area contributed by atoms with Gasteiger partial charge < -0.3 is 4.74 Å². The molecule has 0 bridgehead atoms. The van der Waals surface area contributed by atoms with Gasteiger partial charge in [-0.05, 0) is 37.5 Å². The lowest BCUT2D eigenvalue weighted by molar-refractivity contribution is -0.126. The Labute approximate surface area is 128 Å². The lowest BCUT2D eigenvalue weighted by Gasteiger charge is -2.17. The summed E-state index contributed by atoms with van der Waals surface area (Å²) in [5.74, 6) is -0.360. The van der Waals surface area contributed by atoms with Crippen LogP contribution in [0.25, 0.3) is 0 Å². The molecule has 1 unspecified atom stereocenters. The summed E-state index contributed by atoms with van der Waals surface area (Å²) in [5.41, 5.74) is 5.17. The number of amides is 2. The molecule has 2 amide bonds. The molecular formula is C15H17ClN2O3. The second-order valence-electron chi connectivity index (χ2n) is 4.77. The van der Waals surface area contributed by atoms with Gasteiger partial charge >= 0.3 is 0 Å². The van der Waals surface area contributed by atoms with Gasteiger partial charge in [-0.3, -0.25) is 20.4 Å². The minimum absolute atomic E-state index is 0.0950. The number of hydrogen-bond donors (Lipinski definition) is 2. The first-order valence-corrected chi connectivity index (χ1v) is 7.08. The van der Waals surface area contributed by atoms with Crippen LogP contribution < -0.4 is 15.6 Å². The van der Waals surface area contributed by atoms with Gasteiger partial charge in [0.25, 0.3) is 5.91 Å². The second kappa shape index (κ2) is 7.13. The number of rotatable bonds is 3. The van der Waals surface area contributed by atoms with Gasteiger partial charge in [0.05, 0.1) is 12.7 Å². The highest BCUT2D eigenvalue weighted by atomic mass is 35.5. The zero-order valence-electron chi connectivity index (χ0n) is 11.7. The molecule has 0 saturated carbocycles. The van der Waals surface area contributed by atoms with Crippen LogP contribution in [0.1, 0.15) is 29.6 Å². The van der Waals surface area contributed by atoms with E-state index in [2.05, 4.69) is 16.9 Å². The van der Waals surface area contributed by atoms with E-state index in [1.165, 1.54) is 7.11 Å². The van der Waals surface area contributed by atoms with Crippen molar-refractivity contribution in [3.8, 4) is 5.75 Å². The molecule has 1 atom stereocenters. The Morgan fingerprint density at radius 2 is 2.10 bits per heavy atom. The van der Waals surface area contributed by atoms with Crippen molar-refractivity contribution in [2.75, 3.05) is 7.11 Å². The Hall–Kier alpha value is -2.01. The van der Waals surface area contributed by atoms with Crippen molar-refractivity contribution in [1.82, 2.24) is 10.9 Å². The minimum Gasteiger partial charge on any atom is -0.496 e. The highest BCUT2D eigenvalue weighted by Gasteiger charge is 2.20. The molecule has 0 aromatic heterocycles. The van der Waals surface area contributed by atoms with E-state index < -0.39 is 5.91 Å². The molecule has 112 valence electrons. The van der Waals surface area contributed by atoms with E-state index in [1.54, 1.807) is 18.2 Å². The second-order valence-corrected chi connectivity index (χ2v) is 5.21. The van der Waals surface area contributed by atoms with E-state index in [4.69, 9.17) is 16.3 Å². The van der Waals surface area contributed by atoms with Gasteiger partial charge in [0.2, 0.25) is 5.91 Å². The van der Waals surface area contributed by atoms with Crippen LogP contribution in [0.2, 0.25) is 5.02 Å². The maximum Gasteiger partial charge on any atom is 0.273 e. The Bertz CT molecular complexity index is 572. The maximum absolute atomic E-state index is 12.1. The topological polar surface area (TPSA) is 67.4 Å². The van der Waals surface area contributed by atoms with E-state index in [0.717, 1.165) is 12.8 Å². The molecular weight excluding hydrogens is 292 g/mol. The summed E-state index contributed by atoms with van der Waals surface area (Å²) in [7, 11) is 1.45. The Morgan fingerprint density at radius 3 is 2.76 bits per heavy atom.